The van der Waals surface area contributed by atoms with Crippen LogP contribution < -0.4 is 11.1 Å². The minimum absolute atomic E-state index is 0.105. The number of hydrogen-bond acceptors (Lipinski definition) is 4. The molecule has 104 valence electrons. The number of rotatable bonds is 2. The van der Waals surface area contributed by atoms with E-state index >= 15 is 0 Å². The van der Waals surface area contributed by atoms with Crippen molar-refractivity contribution in [2.24, 2.45) is 5.73 Å². The lowest BCUT2D eigenvalue weighted by atomic mass is 10.0. The molecule has 0 unspecified atom stereocenters. The summed E-state index contributed by atoms with van der Waals surface area (Å²) in [7, 11) is 0. The summed E-state index contributed by atoms with van der Waals surface area (Å²) in [5.41, 5.74) is 6.29. The van der Waals surface area contributed by atoms with E-state index in [1.165, 1.54) is 6.07 Å². The van der Waals surface area contributed by atoms with Gasteiger partial charge in [-0.15, -0.1) is 0 Å². The Bertz CT molecular complexity index is 502. The normalized spacial score (nSPS) is 16.8. The van der Waals surface area contributed by atoms with Crippen LogP contribution in [0.2, 0.25) is 0 Å². The molecule has 0 aliphatic heterocycles. The van der Waals surface area contributed by atoms with Crippen molar-refractivity contribution in [3.05, 3.63) is 23.8 Å². The van der Waals surface area contributed by atoms with Crippen molar-refractivity contribution in [2.75, 3.05) is 5.32 Å². The highest BCUT2D eigenvalue weighted by Gasteiger charge is 2.41. The zero-order valence-electron chi connectivity index (χ0n) is 11.5. The Morgan fingerprint density at radius 1 is 1.42 bits per heavy atom. The van der Waals surface area contributed by atoms with Crippen molar-refractivity contribution in [2.45, 2.75) is 44.8 Å². The van der Waals surface area contributed by atoms with Crippen LogP contribution >= 0.6 is 0 Å². The summed E-state index contributed by atoms with van der Waals surface area (Å²) < 4.78 is 5.13. The van der Waals surface area contributed by atoms with Gasteiger partial charge in [-0.1, -0.05) is 6.07 Å². The molecule has 5 heteroatoms. The van der Waals surface area contributed by atoms with Crippen LogP contribution in [0.15, 0.2) is 18.2 Å². The Labute approximate surface area is 112 Å². The molecule has 0 heterocycles. The van der Waals surface area contributed by atoms with E-state index in [0.717, 1.165) is 18.4 Å². The minimum atomic E-state index is -0.554. The standard InChI is InChI=1S/C14H20N2O3/c1-13(2,3)19-12(18)16-9-4-5-10(11(17)8-9)14(15)6-7-14/h4-5,8,17H,6-7,15H2,1-3H3,(H,16,18). The van der Waals surface area contributed by atoms with E-state index in [2.05, 4.69) is 5.32 Å². The molecule has 0 atom stereocenters. The van der Waals surface area contributed by atoms with Gasteiger partial charge in [0.2, 0.25) is 0 Å². The second-order valence-corrected chi connectivity index (χ2v) is 6.01. The van der Waals surface area contributed by atoms with Gasteiger partial charge in [0.15, 0.2) is 0 Å². The number of phenolic OH excluding ortho intramolecular Hbond substituents is 1. The molecule has 0 bridgehead atoms. The highest BCUT2D eigenvalue weighted by molar-refractivity contribution is 5.85. The molecule has 1 saturated carbocycles. The SMILES string of the molecule is CC(C)(C)OC(=O)Nc1ccc(C2(N)CC2)c(O)c1. The highest BCUT2D eigenvalue weighted by atomic mass is 16.6. The average Bonchev–Trinajstić information content (AvgIpc) is 2.94. The number of carbonyl (C=O) groups is 1. The van der Waals surface area contributed by atoms with Crippen molar-refractivity contribution < 1.29 is 14.6 Å². The van der Waals surface area contributed by atoms with Crippen LogP contribution in [-0.2, 0) is 10.3 Å². The van der Waals surface area contributed by atoms with Crippen LogP contribution in [0.1, 0.15) is 39.2 Å². The van der Waals surface area contributed by atoms with Gasteiger partial charge in [0.05, 0.1) is 0 Å². The number of carbonyl (C=O) groups excluding carboxylic acids is 1. The summed E-state index contributed by atoms with van der Waals surface area (Å²) in [5.74, 6) is 0.105. The van der Waals surface area contributed by atoms with Crippen molar-refractivity contribution in [3.63, 3.8) is 0 Å². The predicted octanol–water partition coefficient (Wildman–Crippen LogP) is 2.69. The fourth-order valence-corrected chi connectivity index (χ4v) is 1.86. The molecule has 1 aromatic rings. The van der Waals surface area contributed by atoms with Gasteiger partial charge in [-0.25, -0.2) is 4.79 Å². The Morgan fingerprint density at radius 3 is 2.53 bits per heavy atom. The lowest BCUT2D eigenvalue weighted by molar-refractivity contribution is 0.0636. The topological polar surface area (TPSA) is 84.6 Å². The predicted molar refractivity (Wildman–Crippen MR) is 73.1 cm³/mol. The largest absolute Gasteiger partial charge is 0.508 e. The number of hydrogen-bond donors (Lipinski definition) is 3. The summed E-state index contributed by atoms with van der Waals surface area (Å²) in [6.45, 7) is 5.37. The van der Waals surface area contributed by atoms with E-state index in [0.29, 0.717) is 5.69 Å². The molecule has 0 aromatic heterocycles. The van der Waals surface area contributed by atoms with Crippen molar-refractivity contribution in [3.8, 4) is 5.75 Å². The van der Waals surface area contributed by atoms with E-state index in [1.54, 1.807) is 32.9 Å². The monoisotopic (exact) mass is 264 g/mol. The number of aromatic hydroxyl groups is 1. The summed E-state index contributed by atoms with van der Waals surface area (Å²) in [4.78, 5) is 11.6. The Hall–Kier alpha value is -1.75. The summed E-state index contributed by atoms with van der Waals surface area (Å²) in [5, 5.41) is 12.5. The Kier molecular flexibility index (Phi) is 3.18. The molecule has 1 aliphatic carbocycles. The molecule has 4 N–H and O–H groups in total. The van der Waals surface area contributed by atoms with Crippen LogP contribution in [0.5, 0.6) is 5.75 Å². The number of amides is 1. The number of phenols is 1. The molecular weight excluding hydrogens is 244 g/mol. The third-order valence-corrected chi connectivity index (χ3v) is 2.97. The fourth-order valence-electron chi connectivity index (χ4n) is 1.86. The molecule has 1 fully saturated rings. The van der Waals surface area contributed by atoms with Crippen LogP contribution in [0.3, 0.4) is 0 Å². The van der Waals surface area contributed by atoms with Crippen molar-refractivity contribution >= 4 is 11.8 Å². The molecule has 2 rings (SSSR count). The van der Waals surface area contributed by atoms with Gasteiger partial charge in [0.25, 0.3) is 0 Å². The number of ether oxygens (including phenoxy) is 1. The molecule has 0 radical (unpaired) electrons. The van der Waals surface area contributed by atoms with Crippen LogP contribution in [0.4, 0.5) is 10.5 Å². The summed E-state index contributed by atoms with van der Waals surface area (Å²) in [6, 6.07) is 4.95. The van der Waals surface area contributed by atoms with E-state index in [1.807, 2.05) is 0 Å². The number of nitrogens with one attached hydrogen (secondary N) is 1. The van der Waals surface area contributed by atoms with Gasteiger partial charge in [-0.05, 0) is 39.7 Å². The zero-order chi connectivity index (χ0) is 14.3. The van der Waals surface area contributed by atoms with Gasteiger partial charge in [0, 0.05) is 22.9 Å². The molecule has 1 amide bonds. The molecule has 1 aromatic carbocycles. The first-order chi connectivity index (χ1) is 8.70. The molecule has 1 aliphatic rings. The number of nitrogens with two attached hydrogens (primary N) is 1. The molecule has 0 spiro atoms. The first kappa shape index (κ1) is 13.7. The van der Waals surface area contributed by atoms with E-state index in [-0.39, 0.29) is 5.75 Å². The second-order valence-electron chi connectivity index (χ2n) is 6.01. The molecule has 0 saturated heterocycles. The smallest absolute Gasteiger partial charge is 0.412 e. The van der Waals surface area contributed by atoms with Crippen molar-refractivity contribution in [1.29, 1.82) is 0 Å². The van der Waals surface area contributed by atoms with Crippen LogP contribution in [0, 0.1) is 0 Å². The Morgan fingerprint density at radius 2 is 2.05 bits per heavy atom. The number of anilines is 1. The first-order valence-corrected chi connectivity index (χ1v) is 6.32. The van der Waals surface area contributed by atoms with Gasteiger partial charge in [-0.3, -0.25) is 5.32 Å². The lowest BCUT2D eigenvalue weighted by Crippen LogP contribution is -2.27. The van der Waals surface area contributed by atoms with E-state index in [4.69, 9.17) is 10.5 Å². The summed E-state index contributed by atoms with van der Waals surface area (Å²) >= 11 is 0. The van der Waals surface area contributed by atoms with Crippen molar-refractivity contribution in [1.82, 2.24) is 0 Å². The van der Waals surface area contributed by atoms with Gasteiger partial charge in [-0.2, -0.15) is 0 Å². The van der Waals surface area contributed by atoms with Gasteiger partial charge >= 0.3 is 6.09 Å². The van der Waals surface area contributed by atoms with Crippen LogP contribution in [0.25, 0.3) is 0 Å². The third-order valence-electron chi connectivity index (χ3n) is 2.97. The molecule has 19 heavy (non-hydrogen) atoms. The third kappa shape index (κ3) is 3.38. The second kappa shape index (κ2) is 4.42. The minimum Gasteiger partial charge on any atom is -0.508 e. The van der Waals surface area contributed by atoms with Gasteiger partial charge < -0.3 is 15.6 Å². The number of benzene rings is 1. The quantitative estimate of drug-likeness (QED) is 0.766. The average molecular weight is 264 g/mol. The van der Waals surface area contributed by atoms with E-state index in [9.17, 15) is 9.90 Å². The van der Waals surface area contributed by atoms with E-state index < -0.39 is 17.2 Å². The Balaban J connectivity index is 2.06. The maximum absolute atomic E-state index is 11.6. The summed E-state index contributed by atoms with van der Waals surface area (Å²) in [6.07, 6.45) is 1.20. The fraction of sp³-hybridized carbons (Fsp3) is 0.500. The first-order valence-electron chi connectivity index (χ1n) is 6.32. The van der Waals surface area contributed by atoms with Crippen LogP contribution in [-0.4, -0.2) is 16.8 Å². The lowest BCUT2D eigenvalue weighted by Gasteiger charge is -2.20. The zero-order valence-corrected chi connectivity index (χ0v) is 11.5. The van der Waals surface area contributed by atoms with Gasteiger partial charge in [0.1, 0.15) is 11.4 Å². The maximum atomic E-state index is 11.6. The molecular formula is C14H20N2O3. The maximum Gasteiger partial charge on any atom is 0.412 e. The molecule has 5 nitrogen and oxygen atoms in total. The highest BCUT2D eigenvalue weighted by Crippen LogP contribution is 2.46.